The molecule has 0 saturated carbocycles. The van der Waals surface area contributed by atoms with Crippen LogP contribution in [0.4, 0.5) is 0 Å². The molecule has 0 spiro atoms. The van der Waals surface area contributed by atoms with Gasteiger partial charge in [0.2, 0.25) is 11.7 Å². The van der Waals surface area contributed by atoms with Crippen LogP contribution in [0.5, 0.6) is 0 Å². The van der Waals surface area contributed by atoms with Crippen LogP contribution >= 0.6 is 11.6 Å². The zero-order valence-corrected chi connectivity index (χ0v) is 13.0. The van der Waals surface area contributed by atoms with E-state index in [9.17, 15) is 0 Å². The lowest BCUT2D eigenvalue weighted by Crippen LogP contribution is -2.43. The first-order valence-electron chi connectivity index (χ1n) is 7.34. The SMILES string of the molecule is C[C@H]1CCC[C@H](C)N1Cc1nc(-c2cccnc2Cl)no1. The van der Waals surface area contributed by atoms with Crippen molar-refractivity contribution in [2.24, 2.45) is 0 Å². The minimum Gasteiger partial charge on any atom is -0.338 e. The Morgan fingerprint density at radius 1 is 1.33 bits per heavy atom. The molecule has 1 aliphatic heterocycles. The van der Waals surface area contributed by atoms with Crippen LogP contribution in [0, 0.1) is 0 Å². The maximum atomic E-state index is 6.06. The number of aromatic nitrogens is 3. The van der Waals surface area contributed by atoms with Gasteiger partial charge in [-0.2, -0.15) is 4.98 Å². The molecule has 21 heavy (non-hydrogen) atoms. The van der Waals surface area contributed by atoms with Crippen LogP contribution < -0.4 is 0 Å². The van der Waals surface area contributed by atoms with Gasteiger partial charge in [-0.05, 0) is 38.8 Å². The first kappa shape index (κ1) is 14.5. The molecule has 0 aromatic carbocycles. The minimum absolute atomic E-state index is 0.393. The monoisotopic (exact) mass is 306 g/mol. The summed E-state index contributed by atoms with van der Waals surface area (Å²) in [4.78, 5) is 10.9. The van der Waals surface area contributed by atoms with E-state index >= 15 is 0 Å². The van der Waals surface area contributed by atoms with Gasteiger partial charge >= 0.3 is 0 Å². The number of hydrogen-bond acceptors (Lipinski definition) is 5. The van der Waals surface area contributed by atoms with Crippen LogP contribution in [0.2, 0.25) is 5.15 Å². The lowest BCUT2D eigenvalue weighted by Gasteiger charge is -2.37. The minimum atomic E-state index is 0.393. The van der Waals surface area contributed by atoms with Gasteiger partial charge in [0.1, 0.15) is 5.15 Å². The van der Waals surface area contributed by atoms with E-state index in [1.165, 1.54) is 19.3 Å². The molecule has 2 aromatic rings. The number of hydrogen-bond donors (Lipinski definition) is 0. The van der Waals surface area contributed by atoms with Gasteiger partial charge in [0.05, 0.1) is 12.1 Å². The van der Waals surface area contributed by atoms with Crippen molar-refractivity contribution in [3.63, 3.8) is 0 Å². The van der Waals surface area contributed by atoms with E-state index < -0.39 is 0 Å². The largest absolute Gasteiger partial charge is 0.338 e. The molecule has 0 amide bonds. The molecule has 0 bridgehead atoms. The van der Waals surface area contributed by atoms with Crippen LogP contribution in [0.3, 0.4) is 0 Å². The van der Waals surface area contributed by atoms with E-state index in [-0.39, 0.29) is 0 Å². The molecule has 5 nitrogen and oxygen atoms in total. The summed E-state index contributed by atoms with van der Waals surface area (Å²) < 4.78 is 5.38. The Morgan fingerprint density at radius 2 is 2.10 bits per heavy atom. The second-order valence-corrected chi connectivity index (χ2v) is 6.01. The molecular weight excluding hydrogens is 288 g/mol. The molecule has 0 unspecified atom stereocenters. The van der Waals surface area contributed by atoms with E-state index in [0.29, 0.717) is 41.1 Å². The molecule has 2 atom stereocenters. The highest BCUT2D eigenvalue weighted by Crippen LogP contribution is 2.26. The summed E-state index contributed by atoms with van der Waals surface area (Å²) >= 11 is 6.06. The van der Waals surface area contributed by atoms with Gasteiger partial charge < -0.3 is 4.52 Å². The molecule has 112 valence electrons. The first-order valence-corrected chi connectivity index (χ1v) is 7.72. The maximum Gasteiger partial charge on any atom is 0.241 e. The molecular formula is C15H19ClN4O. The topological polar surface area (TPSA) is 55.1 Å². The first-order chi connectivity index (χ1) is 10.1. The molecule has 1 saturated heterocycles. The highest BCUT2D eigenvalue weighted by molar-refractivity contribution is 6.31. The molecule has 0 N–H and O–H groups in total. The number of halogens is 1. The summed E-state index contributed by atoms with van der Waals surface area (Å²) in [5.74, 6) is 1.13. The summed E-state index contributed by atoms with van der Waals surface area (Å²) in [5, 5.41) is 4.42. The van der Waals surface area contributed by atoms with Gasteiger partial charge in [-0.25, -0.2) is 4.98 Å². The Hall–Kier alpha value is -1.46. The summed E-state index contributed by atoms with van der Waals surface area (Å²) in [6, 6.07) is 4.75. The average Bonchev–Trinajstić information content (AvgIpc) is 2.92. The summed E-state index contributed by atoms with van der Waals surface area (Å²) in [6.45, 7) is 5.20. The Bertz CT molecular complexity index is 605. The normalized spacial score (nSPS) is 23.4. The summed E-state index contributed by atoms with van der Waals surface area (Å²) in [6.07, 6.45) is 5.38. The Morgan fingerprint density at radius 3 is 2.81 bits per heavy atom. The molecule has 3 heterocycles. The van der Waals surface area contributed by atoms with Crippen molar-refractivity contribution in [2.45, 2.75) is 51.7 Å². The second-order valence-electron chi connectivity index (χ2n) is 5.65. The third-order valence-corrected chi connectivity index (χ3v) is 4.46. The molecule has 1 aliphatic rings. The van der Waals surface area contributed by atoms with Crippen molar-refractivity contribution in [2.75, 3.05) is 0 Å². The van der Waals surface area contributed by atoms with E-state index in [2.05, 4.69) is 33.9 Å². The number of likely N-dealkylation sites (tertiary alicyclic amines) is 1. The fourth-order valence-corrected chi connectivity index (χ4v) is 3.13. The quantitative estimate of drug-likeness (QED) is 0.812. The zero-order valence-electron chi connectivity index (χ0n) is 12.3. The average molecular weight is 307 g/mol. The van der Waals surface area contributed by atoms with Crippen LogP contribution in [0.1, 0.15) is 39.0 Å². The van der Waals surface area contributed by atoms with Gasteiger partial charge in [-0.3, -0.25) is 4.90 Å². The standard InChI is InChI=1S/C15H19ClN4O/c1-10-5-3-6-11(2)20(10)9-13-18-15(19-21-13)12-7-4-8-17-14(12)16/h4,7-8,10-11H,3,5-6,9H2,1-2H3/t10-,11-/m0/s1. The van der Waals surface area contributed by atoms with E-state index in [1.807, 2.05) is 12.1 Å². The van der Waals surface area contributed by atoms with Crippen LogP contribution in [0.15, 0.2) is 22.9 Å². The number of nitrogens with zero attached hydrogens (tertiary/aromatic N) is 4. The van der Waals surface area contributed by atoms with Gasteiger partial charge in [-0.15, -0.1) is 0 Å². The predicted molar refractivity (Wildman–Crippen MR) is 80.9 cm³/mol. The second kappa shape index (κ2) is 6.12. The van der Waals surface area contributed by atoms with Gasteiger partial charge in [0, 0.05) is 18.3 Å². The van der Waals surface area contributed by atoms with Crippen LogP contribution in [-0.2, 0) is 6.54 Å². The predicted octanol–water partition coefficient (Wildman–Crippen LogP) is 3.55. The Balaban J connectivity index is 1.78. The lowest BCUT2D eigenvalue weighted by molar-refractivity contribution is 0.0825. The van der Waals surface area contributed by atoms with Crippen molar-refractivity contribution in [1.29, 1.82) is 0 Å². The Labute approximate surface area is 129 Å². The molecule has 0 radical (unpaired) electrons. The summed E-state index contributed by atoms with van der Waals surface area (Å²) in [7, 11) is 0. The smallest absolute Gasteiger partial charge is 0.241 e. The van der Waals surface area contributed by atoms with E-state index in [0.717, 1.165) is 0 Å². The third-order valence-electron chi connectivity index (χ3n) is 4.16. The fraction of sp³-hybridized carbons (Fsp3) is 0.533. The lowest BCUT2D eigenvalue weighted by atomic mass is 9.98. The van der Waals surface area contributed by atoms with Crippen molar-refractivity contribution in [3.8, 4) is 11.4 Å². The molecule has 0 aliphatic carbocycles. The van der Waals surface area contributed by atoms with Crippen molar-refractivity contribution >= 4 is 11.6 Å². The Kier molecular flexibility index (Phi) is 4.22. The number of piperidine rings is 1. The van der Waals surface area contributed by atoms with Gasteiger partial charge in [-0.1, -0.05) is 23.2 Å². The van der Waals surface area contributed by atoms with Crippen molar-refractivity contribution in [3.05, 3.63) is 29.4 Å². The number of pyridine rings is 1. The van der Waals surface area contributed by atoms with Crippen molar-refractivity contribution in [1.82, 2.24) is 20.0 Å². The number of rotatable bonds is 3. The van der Waals surface area contributed by atoms with Gasteiger partial charge in [0.25, 0.3) is 0 Å². The highest BCUT2D eigenvalue weighted by atomic mass is 35.5. The molecule has 6 heteroatoms. The third kappa shape index (κ3) is 3.09. The van der Waals surface area contributed by atoms with E-state index in [1.54, 1.807) is 6.20 Å². The fourth-order valence-electron chi connectivity index (χ4n) is 2.92. The molecule has 1 fully saturated rings. The van der Waals surface area contributed by atoms with Gasteiger partial charge in [0.15, 0.2) is 0 Å². The zero-order chi connectivity index (χ0) is 14.8. The van der Waals surface area contributed by atoms with Crippen LogP contribution in [-0.4, -0.2) is 32.1 Å². The van der Waals surface area contributed by atoms with Crippen molar-refractivity contribution < 1.29 is 4.52 Å². The maximum absolute atomic E-state index is 6.06. The van der Waals surface area contributed by atoms with Crippen LogP contribution in [0.25, 0.3) is 11.4 Å². The molecule has 3 rings (SSSR count). The van der Waals surface area contributed by atoms with E-state index in [4.69, 9.17) is 16.1 Å². The highest BCUT2D eigenvalue weighted by Gasteiger charge is 2.26. The summed E-state index contributed by atoms with van der Waals surface area (Å²) in [5.41, 5.74) is 0.703. The molecule has 2 aromatic heterocycles.